The topological polar surface area (TPSA) is 81.8 Å². The SMILES string of the molecule is Cn1c(NCCn2c(=O)ccc3ccccc32)nc(-c2ccncc2)cc1=O. The molecule has 0 aliphatic carbocycles. The van der Waals surface area contributed by atoms with E-state index >= 15 is 0 Å². The van der Waals surface area contributed by atoms with Gasteiger partial charge in [-0.15, -0.1) is 0 Å². The number of hydrogen-bond acceptors (Lipinski definition) is 5. The third kappa shape index (κ3) is 3.42. The highest BCUT2D eigenvalue weighted by atomic mass is 16.1. The molecule has 0 atom stereocenters. The Kier molecular flexibility index (Phi) is 4.72. The number of pyridine rings is 2. The highest BCUT2D eigenvalue weighted by Gasteiger charge is 2.08. The molecule has 0 saturated carbocycles. The Morgan fingerprint density at radius 3 is 2.57 bits per heavy atom. The maximum absolute atomic E-state index is 12.3. The summed E-state index contributed by atoms with van der Waals surface area (Å²) < 4.78 is 3.17. The molecule has 1 aromatic carbocycles. The smallest absolute Gasteiger partial charge is 0.255 e. The molecule has 4 rings (SSSR count). The molecule has 7 heteroatoms. The van der Waals surface area contributed by atoms with Crippen LogP contribution >= 0.6 is 0 Å². The summed E-state index contributed by atoms with van der Waals surface area (Å²) in [6, 6.07) is 16.3. The quantitative estimate of drug-likeness (QED) is 0.580. The predicted octanol–water partition coefficient (Wildman–Crippen LogP) is 2.27. The van der Waals surface area contributed by atoms with Crippen molar-refractivity contribution in [2.75, 3.05) is 11.9 Å². The highest BCUT2D eigenvalue weighted by Crippen LogP contribution is 2.15. The second-order valence-corrected chi connectivity index (χ2v) is 6.41. The molecule has 0 unspecified atom stereocenters. The van der Waals surface area contributed by atoms with Gasteiger partial charge in [-0.3, -0.25) is 19.1 Å². The van der Waals surface area contributed by atoms with E-state index in [0.717, 1.165) is 16.5 Å². The molecular formula is C21H19N5O2. The molecule has 4 aromatic rings. The fourth-order valence-electron chi connectivity index (χ4n) is 3.12. The third-order valence-electron chi connectivity index (χ3n) is 4.63. The first-order chi connectivity index (χ1) is 13.6. The Hall–Kier alpha value is -3.74. The van der Waals surface area contributed by atoms with Gasteiger partial charge >= 0.3 is 0 Å². The minimum atomic E-state index is -0.161. The van der Waals surface area contributed by atoms with E-state index in [1.807, 2.05) is 30.3 Å². The van der Waals surface area contributed by atoms with Crippen LogP contribution < -0.4 is 16.4 Å². The van der Waals surface area contributed by atoms with Gasteiger partial charge in [0.15, 0.2) is 0 Å². The van der Waals surface area contributed by atoms with Crippen molar-refractivity contribution in [1.82, 2.24) is 19.1 Å². The fourth-order valence-corrected chi connectivity index (χ4v) is 3.12. The van der Waals surface area contributed by atoms with Crippen LogP contribution in [0.2, 0.25) is 0 Å². The molecule has 3 heterocycles. The van der Waals surface area contributed by atoms with Crippen LogP contribution in [0.1, 0.15) is 0 Å². The number of anilines is 1. The second kappa shape index (κ2) is 7.48. The van der Waals surface area contributed by atoms with Gasteiger partial charge in [-0.05, 0) is 29.7 Å². The summed E-state index contributed by atoms with van der Waals surface area (Å²) >= 11 is 0. The Labute approximate surface area is 160 Å². The highest BCUT2D eigenvalue weighted by molar-refractivity contribution is 5.78. The molecule has 140 valence electrons. The maximum Gasteiger partial charge on any atom is 0.255 e. The van der Waals surface area contributed by atoms with Crippen molar-refractivity contribution in [1.29, 1.82) is 0 Å². The lowest BCUT2D eigenvalue weighted by Crippen LogP contribution is -2.26. The summed E-state index contributed by atoms with van der Waals surface area (Å²) in [7, 11) is 1.66. The van der Waals surface area contributed by atoms with Gasteiger partial charge in [0.1, 0.15) is 0 Å². The van der Waals surface area contributed by atoms with E-state index < -0.39 is 0 Å². The molecule has 0 spiro atoms. The first-order valence-electron chi connectivity index (χ1n) is 8.94. The first-order valence-corrected chi connectivity index (χ1v) is 8.94. The van der Waals surface area contributed by atoms with Crippen molar-refractivity contribution in [2.24, 2.45) is 7.05 Å². The summed E-state index contributed by atoms with van der Waals surface area (Å²) in [6.45, 7) is 0.906. The van der Waals surface area contributed by atoms with E-state index in [0.29, 0.717) is 24.7 Å². The van der Waals surface area contributed by atoms with Crippen LogP contribution in [-0.2, 0) is 13.6 Å². The van der Waals surface area contributed by atoms with Gasteiger partial charge < -0.3 is 9.88 Å². The molecule has 0 fully saturated rings. The number of rotatable bonds is 5. The van der Waals surface area contributed by atoms with E-state index in [1.54, 1.807) is 42.2 Å². The van der Waals surface area contributed by atoms with E-state index in [2.05, 4.69) is 15.3 Å². The fraction of sp³-hybridized carbons (Fsp3) is 0.143. The van der Waals surface area contributed by atoms with Crippen LogP contribution in [0, 0.1) is 0 Å². The van der Waals surface area contributed by atoms with E-state index in [-0.39, 0.29) is 11.1 Å². The lowest BCUT2D eigenvalue weighted by molar-refractivity contribution is 0.713. The van der Waals surface area contributed by atoms with Gasteiger partial charge in [0, 0.05) is 50.2 Å². The summed E-state index contributed by atoms with van der Waals surface area (Å²) in [5, 5.41) is 4.19. The normalized spacial score (nSPS) is 10.9. The van der Waals surface area contributed by atoms with Crippen LogP contribution in [0.3, 0.4) is 0 Å². The molecule has 1 N–H and O–H groups in total. The van der Waals surface area contributed by atoms with Gasteiger partial charge in [0.25, 0.3) is 11.1 Å². The average molecular weight is 373 g/mol. The van der Waals surface area contributed by atoms with Crippen LogP contribution in [0.25, 0.3) is 22.2 Å². The lowest BCUT2D eigenvalue weighted by Gasteiger charge is -2.14. The molecule has 7 nitrogen and oxygen atoms in total. The molecule has 28 heavy (non-hydrogen) atoms. The zero-order valence-electron chi connectivity index (χ0n) is 15.4. The van der Waals surface area contributed by atoms with Crippen molar-refractivity contribution in [2.45, 2.75) is 6.54 Å². The van der Waals surface area contributed by atoms with Gasteiger partial charge in [-0.2, -0.15) is 0 Å². The molecule has 0 radical (unpaired) electrons. The number of nitrogens with zero attached hydrogens (tertiary/aromatic N) is 4. The number of nitrogens with one attached hydrogen (secondary N) is 1. The summed E-state index contributed by atoms with van der Waals surface area (Å²) in [4.78, 5) is 33.1. The Morgan fingerprint density at radius 2 is 1.75 bits per heavy atom. The van der Waals surface area contributed by atoms with Crippen LogP contribution in [0.15, 0.2) is 76.6 Å². The van der Waals surface area contributed by atoms with Gasteiger partial charge in [-0.1, -0.05) is 18.2 Å². The van der Waals surface area contributed by atoms with E-state index in [4.69, 9.17) is 0 Å². The zero-order chi connectivity index (χ0) is 19.5. The number of benzene rings is 1. The molecule has 0 bridgehead atoms. The van der Waals surface area contributed by atoms with Crippen molar-refractivity contribution in [3.8, 4) is 11.3 Å². The van der Waals surface area contributed by atoms with Crippen LogP contribution in [0.5, 0.6) is 0 Å². The number of hydrogen-bond donors (Lipinski definition) is 1. The molecule has 0 aliphatic heterocycles. The standard InChI is InChI=1S/C21H19N5O2/c1-25-20(28)14-17(15-8-10-22-11-9-15)24-21(25)23-12-13-26-18-5-3-2-4-16(18)6-7-19(26)27/h2-11,14H,12-13H2,1H3,(H,23,24). The molecule has 0 saturated heterocycles. The van der Waals surface area contributed by atoms with Crippen LogP contribution in [-0.4, -0.2) is 25.6 Å². The largest absolute Gasteiger partial charge is 0.354 e. The van der Waals surface area contributed by atoms with Crippen molar-refractivity contribution >= 4 is 16.9 Å². The summed E-state index contributed by atoms with van der Waals surface area (Å²) in [6.07, 6.45) is 3.32. The number of aromatic nitrogens is 4. The first kappa shape index (κ1) is 17.7. The number of fused-ring (bicyclic) bond motifs is 1. The van der Waals surface area contributed by atoms with E-state index in [9.17, 15) is 9.59 Å². The molecular weight excluding hydrogens is 354 g/mol. The van der Waals surface area contributed by atoms with E-state index in [1.165, 1.54) is 10.6 Å². The zero-order valence-corrected chi connectivity index (χ0v) is 15.4. The van der Waals surface area contributed by atoms with Crippen molar-refractivity contribution in [3.05, 3.63) is 87.7 Å². The minimum absolute atomic E-state index is 0.0621. The van der Waals surface area contributed by atoms with Gasteiger partial charge in [-0.25, -0.2) is 4.98 Å². The average Bonchev–Trinajstić information content (AvgIpc) is 2.73. The predicted molar refractivity (Wildman–Crippen MR) is 109 cm³/mol. The summed E-state index contributed by atoms with van der Waals surface area (Å²) in [5.74, 6) is 0.451. The van der Waals surface area contributed by atoms with Crippen molar-refractivity contribution < 1.29 is 0 Å². The third-order valence-corrected chi connectivity index (χ3v) is 4.63. The monoisotopic (exact) mass is 373 g/mol. The van der Waals surface area contributed by atoms with Gasteiger partial charge in [0.05, 0.1) is 11.2 Å². The van der Waals surface area contributed by atoms with Gasteiger partial charge in [0.2, 0.25) is 5.95 Å². The van der Waals surface area contributed by atoms with Crippen LogP contribution in [0.4, 0.5) is 5.95 Å². The maximum atomic E-state index is 12.3. The second-order valence-electron chi connectivity index (χ2n) is 6.41. The number of para-hydroxylation sites is 1. The van der Waals surface area contributed by atoms with Crippen molar-refractivity contribution in [3.63, 3.8) is 0 Å². The molecule has 3 aromatic heterocycles. The lowest BCUT2D eigenvalue weighted by atomic mass is 10.2. The Morgan fingerprint density at radius 1 is 0.964 bits per heavy atom. The molecule has 0 amide bonds. The summed E-state index contributed by atoms with van der Waals surface area (Å²) in [5.41, 5.74) is 2.06. The molecule has 0 aliphatic rings. The minimum Gasteiger partial charge on any atom is -0.354 e. The Bertz CT molecular complexity index is 1250. The Balaban J connectivity index is 1.60.